The van der Waals surface area contributed by atoms with Gasteiger partial charge in [0.2, 0.25) is 0 Å². The maximum atomic E-state index is 12.3. The number of benzene rings is 1. The second kappa shape index (κ2) is 10.9. The molecule has 2 aromatic heterocycles. The predicted molar refractivity (Wildman–Crippen MR) is 133 cm³/mol. The van der Waals surface area contributed by atoms with Gasteiger partial charge in [-0.15, -0.1) is 0 Å². The van der Waals surface area contributed by atoms with Crippen LogP contribution in [0.25, 0.3) is 11.3 Å². The van der Waals surface area contributed by atoms with Gasteiger partial charge in [0.05, 0.1) is 11.4 Å². The Labute approximate surface area is 199 Å². The number of amides is 1. The first-order valence-corrected chi connectivity index (χ1v) is 12.4. The average molecular weight is 466 g/mol. The Morgan fingerprint density at radius 2 is 1.82 bits per heavy atom. The third kappa shape index (κ3) is 5.75. The van der Waals surface area contributed by atoms with Gasteiger partial charge in [-0.3, -0.25) is 4.79 Å². The van der Waals surface area contributed by atoms with E-state index in [-0.39, 0.29) is 5.91 Å². The minimum atomic E-state index is -0.107. The van der Waals surface area contributed by atoms with Crippen LogP contribution in [-0.2, 0) is 5.75 Å². The summed E-state index contributed by atoms with van der Waals surface area (Å²) in [6.07, 6.45) is 0. The van der Waals surface area contributed by atoms with Crippen molar-refractivity contribution in [3.63, 3.8) is 0 Å². The van der Waals surface area contributed by atoms with Gasteiger partial charge >= 0.3 is 0 Å². The number of rotatable bonds is 8. The maximum absolute atomic E-state index is 12.3. The van der Waals surface area contributed by atoms with Crippen LogP contribution in [0.1, 0.15) is 30.2 Å². The fourth-order valence-corrected chi connectivity index (χ4v) is 4.47. The molecule has 0 bridgehead atoms. The highest BCUT2D eigenvalue weighted by Gasteiger charge is 2.20. The van der Waals surface area contributed by atoms with Gasteiger partial charge in [0.1, 0.15) is 11.6 Å². The van der Waals surface area contributed by atoms with Crippen LogP contribution < -0.4 is 4.90 Å². The summed E-state index contributed by atoms with van der Waals surface area (Å²) in [6, 6.07) is 15.9. The minimum absolute atomic E-state index is 0.107. The van der Waals surface area contributed by atoms with Crippen LogP contribution in [0.5, 0.6) is 0 Å². The van der Waals surface area contributed by atoms with Gasteiger partial charge in [-0.05, 0) is 25.6 Å². The molecule has 3 aromatic rings. The molecule has 0 N–H and O–H groups in total. The molecule has 33 heavy (non-hydrogen) atoms. The van der Waals surface area contributed by atoms with Crippen LogP contribution in [0.2, 0.25) is 0 Å². The molecule has 7 nitrogen and oxygen atoms in total. The summed E-state index contributed by atoms with van der Waals surface area (Å²) in [5, 5.41) is 0.708. The fourth-order valence-electron chi connectivity index (χ4n) is 3.73. The second-order valence-electron chi connectivity index (χ2n) is 8.06. The van der Waals surface area contributed by atoms with Crippen molar-refractivity contribution in [2.45, 2.75) is 24.8 Å². The summed E-state index contributed by atoms with van der Waals surface area (Å²) < 4.78 is 5.79. The Bertz CT molecular complexity index is 1060. The van der Waals surface area contributed by atoms with E-state index in [1.54, 1.807) is 18.0 Å². The van der Waals surface area contributed by atoms with Crippen LogP contribution in [-0.4, -0.2) is 72.0 Å². The van der Waals surface area contributed by atoms with Crippen molar-refractivity contribution in [2.75, 3.05) is 51.2 Å². The zero-order valence-electron chi connectivity index (χ0n) is 19.5. The monoisotopic (exact) mass is 465 g/mol. The van der Waals surface area contributed by atoms with Crippen molar-refractivity contribution >= 4 is 23.5 Å². The van der Waals surface area contributed by atoms with Gasteiger partial charge in [-0.25, -0.2) is 9.97 Å². The van der Waals surface area contributed by atoms with E-state index in [4.69, 9.17) is 14.4 Å². The lowest BCUT2D eigenvalue weighted by atomic mass is 10.1. The van der Waals surface area contributed by atoms with Crippen LogP contribution in [0.15, 0.2) is 58.1 Å². The molecule has 0 aliphatic carbocycles. The largest absolute Gasteiger partial charge is 0.455 e. The molecule has 1 aromatic carbocycles. The summed E-state index contributed by atoms with van der Waals surface area (Å²) >= 11 is 1.53. The average Bonchev–Trinajstić information content (AvgIpc) is 3.36. The third-order valence-corrected chi connectivity index (χ3v) is 6.81. The lowest BCUT2D eigenvalue weighted by Gasteiger charge is -2.35. The lowest BCUT2D eigenvalue weighted by Crippen LogP contribution is -2.46. The number of nitrogens with zero attached hydrogens (tertiary/aromatic N) is 5. The molecule has 0 atom stereocenters. The standard InChI is InChI=1S/C25H31N5O2S/c1-4-28(3)24(31)22-12-11-20(32-22)18-33-25-26-21(19-9-7-6-8-10-19)17-23(27-25)30-15-13-29(5-2)14-16-30/h6-12,17H,4-5,13-16,18H2,1-3H3. The number of carbonyl (C=O) groups is 1. The fraction of sp³-hybridized carbons (Fsp3) is 0.400. The Hall–Kier alpha value is -2.84. The van der Waals surface area contributed by atoms with Gasteiger partial charge in [-0.1, -0.05) is 49.0 Å². The van der Waals surface area contributed by atoms with E-state index < -0.39 is 0 Å². The van der Waals surface area contributed by atoms with E-state index in [0.29, 0.717) is 23.2 Å². The smallest absolute Gasteiger partial charge is 0.289 e. The van der Waals surface area contributed by atoms with Gasteiger partial charge in [-0.2, -0.15) is 0 Å². The quantitative estimate of drug-likeness (QED) is 0.364. The summed E-state index contributed by atoms with van der Waals surface area (Å²) in [5.74, 6) is 2.51. The van der Waals surface area contributed by atoms with Crippen molar-refractivity contribution < 1.29 is 9.21 Å². The summed E-state index contributed by atoms with van der Waals surface area (Å²) in [4.78, 5) is 28.5. The Kier molecular flexibility index (Phi) is 7.67. The van der Waals surface area contributed by atoms with Crippen molar-refractivity contribution in [2.24, 2.45) is 0 Å². The van der Waals surface area contributed by atoms with Crippen LogP contribution >= 0.6 is 11.8 Å². The number of thioether (sulfide) groups is 1. The number of likely N-dealkylation sites (N-methyl/N-ethyl adjacent to an activating group) is 1. The molecule has 8 heteroatoms. The minimum Gasteiger partial charge on any atom is -0.455 e. The van der Waals surface area contributed by atoms with Crippen LogP contribution in [0, 0.1) is 0 Å². The molecule has 1 aliphatic rings. The second-order valence-corrected chi connectivity index (χ2v) is 9.00. The molecule has 0 spiro atoms. The zero-order valence-corrected chi connectivity index (χ0v) is 20.3. The first-order valence-electron chi connectivity index (χ1n) is 11.5. The van der Waals surface area contributed by atoms with Crippen LogP contribution in [0.4, 0.5) is 5.82 Å². The van der Waals surface area contributed by atoms with E-state index >= 15 is 0 Å². The molecule has 3 heterocycles. The molecule has 174 valence electrons. The Morgan fingerprint density at radius 1 is 1.06 bits per heavy atom. The summed E-state index contributed by atoms with van der Waals surface area (Å²) in [6.45, 7) is 9.85. The molecular formula is C25H31N5O2S. The molecule has 1 amide bonds. The molecule has 0 unspecified atom stereocenters. The van der Waals surface area contributed by atoms with Crippen molar-refractivity contribution in [1.29, 1.82) is 0 Å². The number of aromatic nitrogens is 2. The number of hydrogen-bond acceptors (Lipinski definition) is 7. The number of furan rings is 1. The maximum Gasteiger partial charge on any atom is 0.289 e. The van der Waals surface area contributed by atoms with E-state index in [0.717, 1.165) is 55.6 Å². The van der Waals surface area contributed by atoms with Crippen LogP contribution in [0.3, 0.4) is 0 Å². The molecule has 4 rings (SSSR count). The van der Waals surface area contributed by atoms with E-state index in [1.165, 1.54) is 11.8 Å². The third-order valence-electron chi connectivity index (χ3n) is 5.94. The lowest BCUT2D eigenvalue weighted by molar-refractivity contribution is 0.0769. The zero-order chi connectivity index (χ0) is 23.2. The van der Waals surface area contributed by atoms with Gasteiger partial charge in [0.15, 0.2) is 10.9 Å². The molecular weight excluding hydrogens is 434 g/mol. The van der Waals surface area contributed by atoms with Gasteiger partial charge in [0, 0.05) is 51.4 Å². The first kappa shape index (κ1) is 23.3. The first-order chi connectivity index (χ1) is 16.1. The topological polar surface area (TPSA) is 65.7 Å². The summed E-state index contributed by atoms with van der Waals surface area (Å²) in [7, 11) is 1.77. The number of carbonyl (C=O) groups excluding carboxylic acids is 1. The Balaban J connectivity index is 1.53. The van der Waals surface area contributed by atoms with Gasteiger partial charge in [0.25, 0.3) is 5.91 Å². The highest BCUT2D eigenvalue weighted by molar-refractivity contribution is 7.98. The van der Waals surface area contributed by atoms with Gasteiger partial charge < -0.3 is 19.1 Å². The number of anilines is 1. The van der Waals surface area contributed by atoms with E-state index in [1.807, 2.05) is 31.2 Å². The highest BCUT2D eigenvalue weighted by Crippen LogP contribution is 2.28. The SMILES string of the molecule is CCN1CCN(c2cc(-c3ccccc3)nc(SCc3ccc(C(=O)N(C)CC)o3)n2)CC1. The van der Waals surface area contributed by atoms with Crippen molar-refractivity contribution in [3.8, 4) is 11.3 Å². The van der Waals surface area contributed by atoms with E-state index in [2.05, 4.69) is 34.9 Å². The van der Waals surface area contributed by atoms with E-state index in [9.17, 15) is 4.79 Å². The predicted octanol–water partition coefficient (Wildman–Crippen LogP) is 4.26. The number of hydrogen-bond donors (Lipinski definition) is 0. The summed E-state index contributed by atoms with van der Waals surface area (Å²) in [5.41, 5.74) is 1.99. The molecule has 1 saturated heterocycles. The molecule has 0 saturated carbocycles. The molecule has 1 fully saturated rings. The van der Waals surface area contributed by atoms with Crippen molar-refractivity contribution in [3.05, 3.63) is 60.1 Å². The Morgan fingerprint density at radius 3 is 2.52 bits per heavy atom. The highest BCUT2D eigenvalue weighted by atomic mass is 32.2. The number of piperazine rings is 1. The molecule has 0 radical (unpaired) electrons. The normalized spacial score (nSPS) is 14.5. The van der Waals surface area contributed by atoms with Crippen molar-refractivity contribution in [1.82, 2.24) is 19.8 Å². The molecule has 1 aliphatic heterocycles.